The van der Waals surface area contributed by atoms with E-state index in [-0.39, 0.29) is 23.6 Å². The Morgan fingerprint density at radius 3 is 2.44 bits per heavy atom. The van der Waals surface area contributed by atoms with Crippen molar-refractivity contribution in [1.29, 1.82) is 0 Å². The van der Waals surface area contributed by atoms with Gasteiger partial charge in [-0.1, -0.05) is 28.3 Å². The molecule has 0 radical (unpaired) electrons. The van der Waals surface area contributed by atoms with Crippen molar-refractivity contribution >= 4 is 35.1 Å². The number of benzene rings is 1. The van der Waals surface area contributed by atoms with E-state index in [1.165, 1.54) is 0 Å². The van der Waals surface area contributed by atoms with Gasteiger partial charge in [-0.15, -0.1) is 5.10 Å². The topological polar surface area (TPSA) is 85.8 Å². The molecule has 1 aromatic carbocycles. The lowest BCUT2D eigenvalue weighted by molar-refractivity contribution is 0.101. The predicted molar refractivity (Wildman–Crippen MR) is 95.1 cm³/mol. The van der Waals surface area contributed by atoms with Crippen molar-refractivity contribution in [3.8, 4) is 11.5 Å². The van der Waals surface area contributed by atoms with Crippen molar-refractivity contribution in [1.82, 2.24) is 20.0 Å². The molecule has 0 aliphatic rings. The summed E-state index contributed by atoms with van der Waals surface area (Å²) in [6, 6.07) is 6.69. The standard InChI is InChI=1S/C16H15Cl2N5O2/c1-8(2)23-9(3)4-13(22-23)14(24)19-16-21-20-15(25-16)10-5-11(17)7-12(18)6-10/h4-8H,1-3H3,(H,19,21,24). The minimum Gasteiger partial charge on any atom is -0.403 e. The van der Waals surface area contributed by atoms with Gasteiger partial charge in [-0.05, 0) is 45.0 Å². The lowest BCUT2D eigenvalue weighted by Crippen LogP contribution is -2.14. The Morgan fingerprint density at radius 2 is 1.84 bits per heavy atom. The van der Waals surface area contributed by atoms with Crippen LogP contribution >= 0.6 is 23.2 Å². The molecule has 0 saturated carbocycles. The van der Waals surface area contributed by atoms with Crippen molar-refractivity contribution < 1.29 is 9.21 Å². The number of carbonyl (C=O) groups excluding carboxylic acids is 1. The third kappa shape index (κ3) is 3.83. The Hall–Kier alpha value is -2.38. The zero-order chi connectivity index (χ0) is 18.1. The summed E-state index contributed by atoms with van der Waals surface area (Å²) in [5.41, 5.74) is 1.72. The number of halogens is 2. The number of anilines is 1. The first-order chi connectivity index (χ1) is 11.8. The number of nitrogens with zero attached hydrogens (tertiary/aromatic N) is 4. The molecule has 0 spiro atoms. The molecule has 9 heteroatoms. The molecule has 0 saturated heterocycles. The summed E-state index contributed by atoms with van der Waals surface area (Å²) in [6.07, 6.45) is 0. The molecule has 0 unspecified atom stereocenters. The number of aromatic nitrogens is 4. The van der Waals surface area contributed by atoms with Gasteiger partial charge in [-0.3, -0.25) is 14.8 Å². The average Bonchev–Trinajstić information content (AvgIpc) is 3.13. The number of hydrogen-bond acceptors (Lipinski definition) is 5. The van der Waals surface area contributed by atoms with Gasteiger partial charge in [-0.25, -0.2) is 0 Å². The summed E-state index contributed by atoms with van der Waals surface area (Å²) in [7, 11) is 0. The second-order valence-corrected chi connectivity index (χ2v) is 6.61. The summed E-state index contributed by atoms with van der Waals surface area (Å²) < 4.78 is 7.22. The molecule has 0 aliphatic carbocycles. The Morgan fingerprint density at radius 1 is 1.16 bits per heavy atom. The fraction of sp³-hybridized carbons (Fsp3) is 0.250. The SMILES string of the molecule is Cc1cc(C(=O)Nc2nnc(-c3cc(Cl)cc(Cl)c3)o2)nn1C(C)C. The number of aryl methyl sites for hydroxylation is 1. The van der Waals surface area contributed by atoms with E-state index in [1.807, 2.05) is 20.8 Å². The second-order valence-electron chi connectivity index (χ2n) is 5.73. The number of amides is 1. The molecule has 7 nitrogen and oxygen atoms in total. The highest BCUT2D eigenvalue weighted by Gasteiger charge is 2.17. The van der Waals surface area contributed by atoms with E-state index < -0.39 is 5.91 Å². The minimum absolute atomic E-state index is 0.0344. The number of nitrogens with one attached hydrogen (secondary N) is 1. The molecule has 25 heavy (non-hydrogen) atoms. The zero-order valence-electron chi connectivity index (χ0n) is 13.7. The summed E-state index contributed by atoms with van der Waals surface area (Å²) in [6.45, 7) is 5.86. The van der Waals surface area contributed by atoms with E-state index in [9.17, 15) is 4.79 Å². The monoisotopic (exact) mass is 379 g/mol. The van der Waals surface area contributed by atoms with Crippen LogP contribution < -0.4 is 5.32 Å². The molecule has 0 fully saturated rings. The average molecular weight is 380 g/mol. The van der Waals surface area contributed by atoms with Gasteiger partial charge in [0.05, 0.1) is 0 Å². The van der Waals surface area contributed by atoms with Crippen LogP contribution in [0.15, 0.2) is 28.7 Å². The summed E-state index contributed by atoms with van der Waals surface area (Å²) in [4.78, 5) is 12.3. The van der Waals surface area contributed by atoms with Gasteiger partial charge in [0.1, 0.15) is 0 Å². The molecule has 0 bridgehead atoms. The molecular formula is C16H15Cl2N5O2. The van der Waals surface area contributed by atoms with Crippen LogP contribution in [0.25, 0.3) is 11.5 Å². The smallest absolute Gasteiger partial charge is 0.322 e. The fourth-order valence-electron chi connectivity index (χ4n) is 2.35. The second kappa shape index (κ2) is 6.85. The van der Waals surface area contributed by atoms with Crippen molar-refractivity contribution in [3.05, 3.63) is 45.7 Å². The molecular weight excluding hydrogens is 365 g/mol. The Balaban J connectivity index is 1.79. The van der Waals surface area contributed by atoms with Crippen LogP contribution in [0.4, 0.5) is 6.01 Å². The Kier molecular flexibility index (Phi) is 4.78. The van der Waals surface area contributed by atoms with E-state index in [0.717, 1.165) is 5.69 Å². The lowest BCUT2D eigenvalue weighted by Gasteiger charge is -2.06. The van der Waals surface area contributed by atoms with Gasteiger partial charge in [0, 0.05) is 27.3 Å². The summed E-state index contributed by atoms with van der Waals surface area (Å²) >= 11 is 11.9. The molecule has 2 aromatic heterocycles. The first kappa shape index (κ1) is 17.4. The minimum atomic E-state index is -0.429. The van der Waals surface area contributed by atoms with Crippen molar-refractivity contribution in [2.24, 2.45) is 0 Å². The van der Waals surface area contributed by atoms with Gasteiger partial charge in [0.25, 0.3) is 5.91 Å². The van der Waals surface area contributed by atoms with Gasteiger partial charge >= 0.3 is 6.01 Å². The highest BCUT2D eigenvalue weighted by molar-refractivity contribution is 6.35. The van der Waals surface area contributed by atoms with E-state index in [4.69, 9.17) is 27.6 Å². The lowest BCUT2D eigenvalue weighted by atomic mass is 10.2. The number of carbonyl (C=O) groups is 1. The maximum absolute atomic E-state index is 12.3. The quantitative estimate of drug-likeness (QED) is 0.726. The third-order valence-electron chi connectivity index (χ3n) is 3.40. The summed E-state index contributed by atoms with van der Waals surface area (Å²) in [5.74, 6) is -0.231. The molecule has 0 atom stereocenters. The molecule has 2 heterocycles. The molecule has 130 valence electrons. The largest absolute Gasteiger partial charge is 0.403 e. The van der Waals surface area contributed by atoms with Crippen LogP contribution in [0, 0.1) is 6.92 Å². The van der Waals surface area contributed by atoms with Crippen molar-refractivity contribution in [2.45, 2.75) is 26.8 Å². The third-order valence-corrected chi connectivity index (χ3v) is 3.84. The first-order valence-corrected chi connectivity index (χ1v) is 8.26. The number of hydrogen-bond donors (Lipinski definition) is 1. The van der Waals surface area contributed by atoms with E-state index in [0.29, 0.717) is 15.6 Å². The maximum atomic E-state index is 12.3. The van der Waals surface area contributed by atoms with E-state index in [2.05, 4.69) is 20.6 Å². The molecule has 0 aliphatic heterocycles. The van der Waals surface area contributed by atoms with Gasteiger partial charge in [0.15, 0.2) is 5.69 Å². The predicted octanol–water partition coefficient (Wildman–Crippen LogP) is 4.38. The first-order valence-electron chi connectivity index (χ1n) is 7.51. The molecule has 1 N–H and O–H groups in total. The molecule has 3 rings (SSSR count). The number of rotatable bonds is 4. The van der Waals surface area contributed by atoms with Crippen LogP contribution in [-0.4, -0.2) is 25.9 Å². The van der Waals surface area contributed by atoms with Crippen molar-refractivity contribution in [3.63, 3.8) is 0 Å². The van der Waals surface area contributed by atoms with Gasteiger partial charge in [-0.2, -0.15) is 5.10 Å². The van der Waals surface area contributed by atoms with E-state index >= 15 is 0 Å². The highest BCUT2D eigenvalue weighted by atomic mass is 35.5. The van der Waals surface area contributed by atoms with Gasteiger partial charge in [0.2, 0.25) is 5.89 Å². The van der Waals surface area contributed by atoms with Crippen LogP contribution in [-0.2, 0) is 0 Å². The fourth-order valence-corrected chi connectivity index (χ4v) is 2.88. The Bertz CT molecular complexity index is 912. The summed E-state index contributed by atoms with van der Waals surface area (Å²) in [5, 5.41) is 15.4. The zero-order valence-corrected chi connectivity index (χ0v) is 15.3. The maximum Gasteiger partial charge on any atom is 0.322 e. The van der Waals surface area contributed by atoms with Crippen molar-refractivity contribution in [2.75, 3.05) is 5.32 Å². The van der Waals surface area contributed by atoms with Crippen LogP contribution in [0.1, 0.15) is 36.1 Å². The van der Waals surface area contributed by atoms with Gasteiger partial charge < -0.3 is 4.42 Å². The normalized spacial score (nSPS) is 11.1. The molecule has 3 aromatic rings. The molecule has 1 amide bonds. The van der Waals surface area contributed by atoms with Crippen LogP contribution in [0.3, 0.4) is 0 Å². The van der Waals surface area contributed by atoms with Crippen LogP contribution in [0.5, 0.6) is 0 Å². The van der Waals surface area contributed by atoms with E-state index in [1.54, 1.807) is 28.9 Å². The Labute approximate surface area is 153 Å². The van der Waals surface area contributed by atoms with Crippen LogP contribution in [0.2, 0.25) is 10.0 Å². The highest BCUT2D eigenvalue weighted by Crippen LogP contribution is 2.27.